The van der Waals surface area contributed by atoms with E-state index in [0.29, 0.717) is 48.6 Å². The Hall–Kier alpha value is -3.01. The zero-order valence-electron chi connectivity index (χ0n) is 17.8. The molecule has 8 nitrogen and oxygen atoms in total. The number of fused-ring (bicyclic) bond motifs is 1. The zero-order valence-corrected chi connectivity index (χ0v) is 18.5. The number of rotatable bonds is 8. The quantitative estimate of drug-likeness (QED) is 0.476. The molecular formula is C22H24ClFN6O2. The lowest BCUT2D eigenvalue weighted by Crippen LogP contribution is -2.64. The number of benzene rings is 2. The van der Waals surface area contributed by atoms with Crippen LogP contribution in [-0.4, -0.2) is 54.6 Å². The molecule has 32 heavy (non-hydrogen) atoms. The van der Waals surface area contributed by atoms with Crippen molar-refractivity contribution in [3.05, 3.63) is 53.1 Å². The normalized spacial score (nSPS) is 14.9. The molecule has 0 atom stereocenters. The Kier molecular flexibility index (Phi) is 6.14. The van der Waals surface area contributed by atoms with Gasteiger partial charge in [0.05, 0.1) is 28.8 Å². The molecule has 2 heterocycles. The molecule has 0 aliphatic carbocycles. The number of primary amides is 1. The van der Waals surface area contributed by atoms with Crippen molar-refractivity contribution in [2.24, 2.45) is 11.1 Å². The molecule has 168 valence electrons. The number of nitrogens with one attached hydrogen (secondary N) is 2. The average Bonchev–Trinajstić information content (AvgIpc) is 2.73. The van der Waals surface area contributed by atoms with Gasteiger partial charge in [-0.25, -0.2) is 14.4 Å². The summed E-state index contributed by atoms with van der Waals surface area (Å²) in [6.45, 7) is 2.15. The number of amides is 1. The molecule has 1 saturated heterocycles. The number of aromatic nitrogens is 2. The maximum atomic E-state index is 14.4. The standard InChI is InChI=1S/C22H24ClFN6O2/c1-30(11-22(21(25)31)9-26-10-22)8-13-6-14-17(7-18(13)32-2)27-12-28-20(14)29-16-5-3-4-15(23)19(16)24/h3-7,12,26H,8-11H2,1-2H3,(H2,25,31)(H,27,28,29). The molecule has 1 aromatic heterocycles. The van der Waals surface area contributed by atoms with Crippen LogP contribution in [0.5, 0.6) is 5.75 Å². The van der Waals surface area contributed by atoms with Crippen molar-refractivity contribution in [1.29, 1.82) is 0 Å². The van der Waals surface area contributed by atoms with Crippen LogP contribution in [0.1, 0.15) is 5.56 Å². The summed E-state index contributed by atoms with van der Waals surface area (Å²) in [7, 11) is 3.52. The van der Waals surface area contributed by atoms with Gasteiger partial charge in [0.15, 0.2) is 5.82 Å². The minimum absolute atomic E-state index is 0.0196. The summed E-state index contributed by atoms with van der Waals surface area (Å²) in [6, 6.07) is 8.45. The lowest BCUT2D eigenvalue weighted by Gasteiger charge is -2.42. The van der Waals surface area contributed by atoms with Crippen molar-refractivity contribution in [1.82, 2.24) is 20.2 Å². The average molecular weight is 459 g/mol. The lowest BCUT2D eigenvalue weighted by atomic mass is 9.80. The van der Waals surface area contributed by atoms with Gasteiger partial charge in [0, 0.05) is 43.2 Å². The number of hydrogen-bond acceptors (Lipinski definition) is 7. The third-order valence-electron chi connectivity index (χ3n) is 5.70. The Balaban J connectivity index is 1.66. The molecule has 10 heteroatoms. The second-order valence-corrected chi connectivity index (χ2v) is 8.46. The number of anilines is 2. The van der Waals surface area contributed by atoms with Crippen LogP contribution in [0.4, 0.5) is 15.9 Å². The molecule has 0 radical (unpaired) electrons. The van der Waals surface area contributed by atoms with Crippen LogP contribution in [0, 0.1) is 11.2 Å². The highest BCUT2D eigenvalue weighted by Gasteiger charge is 2.43. The van der Waals surface area contributed by atoms with E-state index in [9.17, 15) is 9.18 Å². The second kappa shape index (κ2) is 8.85. The summed E-state index contributed by atoms with van der Waals surface area (Å²) in [5.41, 5.74) is 6.79. The van der Waals surface area contributed by atoms with Crippen LogP contribution < -0.4 is 21.1 Å². The van der Waals surface area contributed by atoms with Gasteiger partial charge in [-0.15, -0.1) is 0 Å². The molecule has 4 N–H and O–H groups in total. The van der Waals surface area contributed by atoms with Crippen LogP contribution in [0.25, 0.3) is 10.9 Å². The Bertz CT molecular complexity index is 1170. The van der Waals surface area contributed by atoms with Gasteiger partial charge < -0.3 is 26.0 Å². The van der Waals surface area contributed by atoms with Crippen molar-refractivity contribution >= 4 is 39.9 Å². The van der Waals surface area contributed by atoms with Crippen LogP contribution >= 0.6 is 11.6 Å². The van der Waals surface area contributed by atoms with E-state index < -0.39 is 11.2 Å². The summed E-state index contributed by atoms with van der Waals surface area (Å²) < 4.78 is 20.0. The van der Waals surface area contributed by atoms with E-state index in [-0.39, 0.29) is 16.6 Å². The molecule has 3 aromatic rings. The van der Waals surface area contributed by atoms with Crippen molar-refractivity contribution in [3.63, 3.8) is 0 Å². The number of hydrogen-bond donors (Lipinski definition) is 3. The minimum Gasteiger partial charge on any atom is -0.496 e. The Morgan fingerprint density at radius 2 is 2.16 bits per heavy atom. The molecule has 1 fully saturated rings. The van der Waals surface area contributed by atoms with E-state index in [2.05, 4.69) is 20.6 Å². The monoisotopic (exact) mass is 458 g/mol. The second-order valence-electron chi connectivity index (χ2n) is 8.05. The van der Waals surface area contributed by atoms with Crippen molar-refractivity contribution in [3.8, 4) is 5.75 Å². The number of nitrogens with zero attached hydrogens (tertiary/aromatic N) is 3. The number of halogens is 2. The predicted octanol–water partition coefficient (Wildman–Crippen LogP) is 2.68. The highest BCUT2D eigenvalue weighted by Crippen LogP contribution is 2.32. The first-order valence-corrected chi connectivity index (χ1v) is 10.4. The number of carbonyl (C=O) groups excluding carboxylic acids is 1. The third kappa shape index (κ3) is 4.19. The van der Waals surface area contributed by atoms with E-state index in [1.807, 2.05) is 24.1 Å². The van der Waals surface area contributed by atoms with Crippen LogP contribution in [0.15, 0.2) is 36.7 Å². The Labute approximate surface area is 189 Å². The largest absolute Gasteiger partial charge is 0.496 e. The lowest BCUT2D eigenvalue weighted by molar-refractivity contribution is -0.131. The SMILES string of the molecule is COc1cc2ncnc(Nc3cccc(Cl)c3F)c2cc1CN(C)CC1(C(N)=O)CNC1. The van der Waals surface area contributed by atoms with Gasteiger partial charge in [-0.2, -0.15) is 0 Å². The molecule has 2 aromatic carbocycles. The van der Waals surface area contributed by atoms with E-state index >= 15 is 0 Å². The fourth-order valence-electron chi connectivity index (χ4n) is 3.92. The van der Waals surface area contributed by atoms with Gasteiger partial charge in [0.25, 0.3) is 0 Å². The maximum Gasteiger partial charge on any atom is 0.227 e. The molecule has 0 unspecified atom stereocenters. The maximum absolute atomic E-state index is 14.4. The molecule has 1 aliphatic rings. The summed E-state index contributed by atoms with van der Waals surface area (Å²) >= 11 is 5.90. The van der Waals surface area contributed by atoms with Crippen molar-refractivity contribution in [2.45, 2.75) is 6.54 Å². The summed E-state index contributed by atoms with van der Waals surface area (Å²) in [5, 5.41) is 6.85. The van der Waals surface area contributed by atoms with Gasteiger partial charge in [-0.3, -0.25) is 4.79 Å². The molecule has 0 bridgehead atoms. The van der Waals surface area contributed by atoms with Gasteiger partial charge in [0.1, 0.15) is 17.9 Å². The fraction of sp³-hybridized carbons (Fsp3) is 0.318. The van der Waals surface area contributed by atoms with E-state index in [1.54, 1.807) is 19.2 Å². The van der Waals surface area contributed by atoms with E-state index in [1.165, 1.54) is 12.4 Å². The first-order valence-electron chi connectivity index (χ1n) is 10.0. The third-order valence-corrected chi connectivity index (χ3v) is 6.00. The van der Waals surface area contributed by atoms with Crippen LogP contribution in [0.3, 0.4) is 0 Å². The molecule has 4 rings (SSSR count). The van der Waals surface area contributed by atoms with Gasteiger partial charge in [-0.05, 0) is 25.2 Å². The topological polar surface area (TPSA) is 105 Å². The molecule has 0 spiro atoms. The van der Waals surface area contributed by atoms with Gasteiger partial charge >= 0.3 is 0 Å². The van der Waals surface area contributed by atoms with E-state index in [0.717, 1.165) is 5.56 Å². The predicted molar refractivity (Wildman–Crippen MR) is 122 cm³/mol. The number of nitrogens with two attached hydrogens (primary N) is 1. The molecule has 1 aliphatic heterocycles. The van der Waals surface area contributed by atoms with Gasteiger partial charge in [-0.1, -0.05) is 17.7 Å². The summed E-state index contributed by atoms with van der Waals surface area (Å²) in [4.78, 5) is 22.6. The summed E-state index contributed by atoms with van der Waals surface area (Å²) in [5.74, 6) is 0.236. The zero-order chi connectivity index (χ0) is 22.9. The molecule has 0 saturated carbocycles. The Morgan fingerprint density at radius 1 is 1.38 bits per heavy atom. The minimum atomic E-state index is -0.571. The number of methoxy groups -OCH3 is 1. The van der Waals surface area contributed by atoms with E-state index in [4.69, 9.17) is 22.1 Å². The van der Waals surface area contributed by atoms with Crippen molar-refractivity contribution < 1.29 is 13.9 Å². The first kappa shape index (κ1) is 22.2. The smallest absolute Gasteiger partial charge is 0.227 e. The number of ether oxygens (including phenoxy) is 1. The van der Waals surface area contributed by atoms with Crippen molar-refractivity contribution in [2.75, 3.05) is 39.1 Å². The fourth-order valence-corrected chi connectivity index (χ4v) is 4.10. The van der Waals surface area contributed by atoms with Gasteiger partial charge in [0.2, 0.25) is 5.91 Å². The first-order chi connectivity index (χ1) is 15.3. The molecular weight excluding hydrogens is 435 g/mol. The van der Waals surface area contributed by atoms with Crippen LogP contribution in [-0.2, 0) is 11.3 Å². The summed E-state index contributed by atoms with van der Waals surface area (Å²) in [6.07, 6.45) is 1.40. The highest BCUT2D eigenvalue weighted by molar-refractivity contribution is 6.31. The Morgan fingerprint density at radius 3 is 2.81 bits per heavy atom. The highest BCUT2D eigenvalue weighted by atomic mass is 35.5. The molecule has 1 amide bonds. The number of carbonyl (C=O) groups is 1. The van der Waals surface area contributed by atoms with Crippen LogP contribution in [0.2, 0.25) is 5.02 Å².